The van der Waals surface area contributed by atoms with Crippen LogP contribution in [0.15, 0.2) is 0 Å². The smallest absolute Gasteiger partial charge is 0.186 e. The van der Waals surface area contributed by atoms with Gasteiger partial charge in [0.15, 0.2) is 5.13 Å². The molecule has 0 aliphatic carbocycles. The molecular formula is C15H29N3OS. The Balaban J connectivity index is 2.97. The molecule has 1 aromatic rings. The average Bonchev–Trinajstić information content (AvgIpc) is 2.80. The Morgan fingerprint density at radius 3 is 2.50 bits per heavy atom. The number of hydrogen-bond donors (Lipinski definition) is 1. The van der Waals surface area contributed by atoms with Crippen molar-refractivity contribution in [2.24, 2.45) is 0 Å². The van der Waals surface area contributed by atoms with E-state index in [1.54, 1.807) is 7.11 Å². The summed E-state index contributed by atoms with van der Waals surface area (Å²) in [5.41, 5.74) is 1.23. The second-order valence-corrected chi connectivity index (χ2v) is 6.58. The summed E-state index contributed by atoms with van der Waals surface area (Å²) in [4.78, 5) is 8.58. The van der Waals surface area contributed by atoms with E-state index in [9.17, 15) is 0 Å². The Bertz CT molecular complexity index is 390. The molecule has 0 aliphatic rings. The minimum atomic E-state index is 0.434. The van der Waals surface area contributed by atoms with Crippen LogP contribution in [0.25, 0.3) is 0 Å². The molecule has 0 spiro atoms. The normalized spacial score (nSPS) is 11.6. The highest BCUT2D eigenvalue weighted by atomic mass is 32.1. The fourth-order valence-electron chi connectivity index (χ4n) is 2.05. The van der Waals surface area contributed by atoms with Crippen LogP contribution in [0.3, 0.4) is 0 Å². The van der Waals surface area contributed by atoms with Crippen molar-refractivity contribution in [3.05, 3.63) is 10.6 Å². The van der Waals surface area contributed by atoms with Gasteiger partial charge in [0.2, 0.25) is 0 Å². The van der Waals surface area contributed by atoms with Crippen LogP contribution in [0, 0.1) is 0 Å². The molecule has 0 aliphatic heterocycles. The molecule has 1 aromatic heterocycles. The zero-order valence-electron chi connectivity index (χ0n) is 13.7. The van der Waals surface area contributed by atoms with Gasteiger partial charge in [0.25, 0.3) is 0 Å². The van der Waals surface area contributed by atoms with Gasteiger partial charge in [-0.1, -0.05) is 20.8 Å². The molecule has 116 valence electrons. The van der Waals surface area contributed by atoms with Gasteiger partial charge in [0, 0.05) is 31.1 Å². The summed E-state index contributed by atoms with van der Waals surface area (Å²) in [6.45, 7) is 14.5. The molecule has 1 N–H and O–H groups in total. The van der Waals surface area contributed by atoms with Crippen LogP contribution in [0.1, 0.15) is 51.1 Å². The third-order valence-electron chi connectivity index (χ3n) is 3.20. The van der Waals surface area contributed by atoms with Gasteiger partial charge in [-0.15, -0.1) is 11.3 Å². The standard InChI is InChI=1S/C15H29N3OS/c1-7-16-10-13-14(11(2)3)17-15(20-13)18(12(4)5)8-9-19-6/h11-12,16H,7-10H2,1-6H3. The van der Waals surface area contributed by atoms with Crippen molar-refractivity contribution in [2.75, 3.05) is 31.7 Å². The van der Waals surface area contributed by atoms with Crippen LogP contribution in [0.4, 0.5) is 5.13 Å². The van der Waals surface area contributed by atoms with E-state index >= 15 is 0 Å². The fourth-order valence-corrected chi connectivity index (χ4v) is 3.40. The number of anilines is 1. The van der Waals surface area contributed by atoms with Crippen LogP contribution in [0.2, 0.25) is 0 Å². The summed E-state index contributed by atoms with van der Waals surface area (Å²) in [5, 5.41) is 4.53. The number of thiazole rings is 1. The molecule has 0 amide bonds. The lowest BCUT2D eigenvalue weighted by Gasteiger charge is -2.25. The van der Waals surface area contributed by atoms with Crippen LogP contribution < -0.4 is 10.2 Å². The molecule has 0 unspecified atom stereocenters. The van der Waals surface area contributed by atoms with Crippen molar-refractivity contribution in [3.8, 4) is 0 Å². The summed E-state index contributed by atoms with van der Waals surface area (Å²) < 4.78 is 5.22. The molecule has 0 saturated carbocycles. The van der Waals surface area contributed by atoms with Gasteiger partial charge in [-0.05, 0) is 26.3 Å². The predicted octanol–water partition coefficient (Wildman–Crippen LogP) is 3.24. The molecule has 0 saturated heterocycles. The Labute approximate surface area is 127 Å². The highest BCUT2D eigenvalue weighted by Crippen LogP contribution is 2.31. The molecule has 0 radical (unpaired) electrons. The molecule has 0 fully saturated rings. The van der Waals surface area contributed by atoms with Crippen molar-refractivity contribution in [3.63, 3.8) is 0 Å². The average molecular weight is 299 g/mol. The number of rotatable bonds is 9. The Morgan fingerprint density at radius 2 is 2.00 bits per heavy atom. The molecule has 1 rings (SSSR count). The number of ether oxygens (including phenoxy) is 1. The highest BCUT2D eigenvalue weighted by Gasteiger charge is 2.19. The first-order chi connectivity index (χ1) is 9.51. The maximum absolute atomic E-state index is 5.22. The van der Waals surface area contributed by atoms with E-state index in [0.717, 1.165) is 31.4 Å². The summed E-state index contributed by atoms with van der Waals surface area (Å²) in [7, 11) is 1.75. The maximum atomic E-state index is 5.22. The molecule has 5 heteroatoms. The van der Waals surface area contributed by atoms with Gasteiger partial charge < -0.3 is 15.0 Å². The second kappa shape index (κ2) is 8.60. The van der Waals surface area contributed by atoms with E-state index in [0.29, 0.717) is 12.0 Å². The Kier molecular flexibility index (Phi) is 7.48. The third kappa shape index (κ3) is 4.72. The lowest BCUT2D eigenvalue weighted by atomic mass is 10.1. The zero-order chi connectivity index (χ0) is 15.1. The molecule has 4 nitrogen and oxygen atoms in total. The van der Waals surface area contributed by atoms with Crippen molar-refractivity contribution in [2.45, 2.75) is 53.1 Å². The van der Waals surface area contributed by atoms with Crippen LogP contribution >= 0.6 is 11.3 Å². The Hall–Kier alpha value is -0.650. The zero-order valence-corrected chi connectivity index (χ0v) is 14.5. The Morgan fingerprint density at radius 1 is 1.30 bits per heavy atom. The van der Waals surface area contributed by atoms with E-state index in [1.807, 2.05) is 11.3 Å². The molecule has 1 heterocycles. The van der Waals surface area contributed by atoms with Crippen LogP contribution in [-0.4, -0.2) is 37.8 Å². The molecule has 20 heavy (non-hydrogen) atoms. The van der Waals surface area contributed by atoms with Gasteiger partial charge in [-0.25, -0.2) is 4.98 Å². The minimum absolute atomic E-state index is 0.434. The number of methoxy groups -OCH3 is 1. The van der Waals surface area contributed by atoms with E-state index in [-0.39, 0.29) is 0 Å². The quantitative estimate of drug-likeness (QED) is 0.759. The largest absolute Gasteiger partial charge is 0.383 e. The van der Waals surface area contributed by atoms with Gasteiger partial charge in [-0.3, -0.25) is 0 Å². The molecule has 0 aromatic carbocycles. The molecule has 0 bridgehead atoms. The summed E-state index contributed by atoms with van der Waals surface area (Å²) in [6, 6.07) is 0.434. The molecular weight excluding hydrogens is 270 g/mol. The highest BCUT2D eigenvalue weighted by molar-refractivity contribution is 7.15. The number of nitrogens with one attached hydrogen (secondary N) is 1. The van der Waals surface area contributed by atoms with E-state index < -0.39 is 0 Å². The predicted molar refractivity (Wildman–Crippen MR) is 87.9 cm³/mol. The van der Waals surface area contributed by atoms with Crippen molar-refractivity contribution >= 4 is 16.5 Å². The summed E-state index contributed by atoms with van der Waals surface area (Å²) >= 11 is 1.81. The van der Waals surface area contributed by atoms with E-state index in [2.05, 4.69) is 44.8 Å². The third-order valence-corrected chi connectivity index (χ3v) is 4.31. The lowest BCUT2D eigenvalue weighted by Crippen LogP contribution is -2.33. The van der Waals surface area contributed by atoms with E-state index in [1.165, 1.54) is 10.6 Å². The summed E-state index contributed by atoms with van der Waals surface area (Å²) in [6.07, 6.45) is 0. The van der Waals surface area contributed by atoms with E-state index in [4.69, 9.17) is 9.72 Å². The lowest BCUT2D eigenvalue weighted by molar-refractivity contribution is 0.204. The number of nitrogens with zero attached hydrogens (tertiary/aromatic N) is 2. The maximum Gasteiger partial charge on any atom is 0.186 e. The minimum Gasteiger partial charge on any atom is -0.383 e. The van der Waals surface area contributed by atoms with Crippen molar-refractivity contribution < 1.29 is 4.74 Å². The van der Waals surface area contributed by atoms with Crippen LogP contribution in [0.5, 0.6) is 0 Å². The van der Waals surface area contributed by atoms with Crippen molar-refractivity contribution in [1.82, 2.24) is 10.3 Å². The number of hydrogen-bond acceptors (Lipinski definition) is 5. The SMILES string of the molecule is CCNCc1sc(N(CCOC)C(C)C)nc1C(C)C. The van der Waals surface area contributed by atoms with Gasteiger partial charge in [0.05, 0.1) is 12.3 Å². The monoisotopic (exact) mass is 299 g/mol. The first kappa shape index (κ1) is 17.4. The molecule has 0 atom stereocenters. The van der Waals surface area contributed by atoms with Gasteiger partial charge >= 0.3 is 0 Å². The first-order valence-corrected chi connectivity index (χ1v) is 8.28. The van der Waals surface area contributed by atoms with Gasteiger partial charge in [0.1, 0.15) is 0 Å². The van der Waals surface area contributed by atoms with Crippen molar-refractivity contribution in [1.29, 1.82) is 0 Å². The topological polar surface area (TPSA) is 37.4 Å². The first-order valence-electron chi connectivity index (χ1n) is 7.47. The summed E-state index contributed by atoms with van der Waals surface area (Å²) in [5.74, 6) is 0.463. The van der Waals surface area contributed by atoms with Gasteiger partial charge in [-0.2, -0.15) is 0 Å². The second-order valence-electron chi connectivity index (χ2n) is 5.52. The fraction of sp³-hybridized carbons (Fsp3) is 0.800. The number of aromatic nitrogens is 1. The van der Waals surface area contributed by atoms with Crippen LogP contribution in [-0.2, 0) is 11.3 Å².